The summed E-state index contributed by atoms with van der Waals surface area (Å²) in [6.07, 6.45) is 28.1. The zero-order valence-electron chi connectivity index (χ0n) is 37.6. The number of rotatable bonds is 21. The Labute approximate surface area is 357 Å². The quantitative estimate of drug-likeness (QED) is 0.0544. The number of allylic oxidation sites excluding steroid dienone is 1. The van der Waals surface area contributed by atoms with Gasteiger partial charge in [0.15, 0.2) is 0 Å². The summed E-state index contributed by atoms with van der Waals surface area (Å²) in [7, 11) is 0. The first-order valence-electron chi connectivity index (χ1n) is 24.1. The van der Waals surface area contributed by atoms with Gasteiger partial charge in [-0.1, -0.05) is 130 Å². The molecule has 0 heterocycles. The number of hydrogen-bond acceptors (Lipinski definition) is 5. The van der Waals surface area contributed by atoms with Crippen molar-refractivity contribution in [2.75, 3.05) is 6.61 Å². The molecule has 6 heteroatoms. The molecule has 3 fully saturated rings. The highest BCUT2D eigenvalue weighted by molar-refractivity contribution is 5.92. The van der Waals surface area contributed by atoms with Crippen LogP contribution in [0.5, 0.6) is 11.5 Å². The average Bonchev–Trinajstić information content (AvgIpc) is 3.57. The summed E-state index contributed by atoms with van der Waals surface area (Å²) in [4.78, 5) is 26.2. The maximum absolute atomic E-state index is 15.4. The van der Waals surface area contributed by atoms with Crippen molar-refractivity contribution >= 4 is 11.9 Å². The van der Waals surface area contributed by atoms with Crippen LogP contribution in [0.25, 0.3) is 0 Å². The Balaban J connectivity index is 0.943. The molecule has 3 saturated carbocycles. The molecule has 8 atom stereocenters. The van der Waals surface area contributed by atoms with Crippen molar-refractivity contribution in [1.29, 1.82) is 0 Å². The zero-order chi connectivity index (χ0) is 42.0. The van der Waals surface area contributed by atoms with E-state index in [1.807, 2.05) is 0 Å². The third-order valence-corrected chi connectivity index (χ3v) is 15.8. The minimum absolute atomic E-state index is 0.0402. The van der Waals surface area contributed by atoms with E-state index < -0.39 is 17.8 Å². The number of carbonyl (C=O) groups is 2. The lowest BCUT2D eigenvalue weighted by Gasteiger charge is -2.58. The highest BCUT2D eigenvalue weighted by Crippen LogP contribution is 2.67. The molecule has 0 spiro atoms. The second-order valence-corrected chi connectivity index (χ2v) is 20.1. The molecule has 2 aromatic rings. The lowest BCUT2D eigenvalue weighted by molar-refractivity contribution is -0.0595. The molecule has 6 rings (SSSR count). The molecule has 0 amide bonds. The van der Waals surface area contributed by atoms with Crippen molar-refractivity contribution in [2.24, 2.45) is 46.3 Å². The molecular weight excluding hydrogens is 736 g/mol. The number of fused-ring (bicyclic) bond motifs is 5. The molecule has 5 nitrogen and oxygen atoms in total. The SMILES string of the molecule is CCCCCCCCCCCCOc1ccc(C(=O)Oc2ccc(C(=O)O[C@H]3CC[C@@]4(C)C(=CC[C@H]5[C@@H]6CC[C@H]([C@H](C)CCCC(C)C)[C@@]6(C)CC[C@@H]54)C3)c(F)c2)cc1. The van der Waals surface area contributed by atoms with E-state index in [9.17, 15) is 9.59 Å². The van der Waals surface area contributed by atoms with Gasteiger partial charge in [-0.3, -0.25) is 0 Å². The van der Waals surface area contributed by atoms with Crippen LogP contribution in [0.15, 0.2) is 54.1 Å². The van der Waals surface area contributed by atoms with E-state index in [0.29, 0.717) is 29.3 Å². The number of ether oxygens (including phenoxy) is 3. The second-order valence-electron chi connectivity index (χ2n) is 20.1. The molecule has 59 heavy (non-hydrogen) atoms. The molecule has 0 aromatic heterocycles. The monoisotopic (exact) mass is 813 g/mol. The summed E-state index contributed by atoms with van der Waals surface area (Å²) in [5.41, 5.74) is 2.24. The van der Waals surface area contributed by atoms with E-state index in [1.165, 1.54) is 114 Å². The van der Waals surface area contributed by atoms with Crippen LogP contribution in [0.3, 0.4) is 0 Å². The fraction of sp³-hybridized carbons (Fsp3) is 0.698. The van der Waals surface area contributed by atoms with Crippen molar-refractivity contribution in [3.05, 3.63) is 71.1 Å². The summed E-state index contributed by atoms with van der Waals surface area (Å²) in [6.45, 7) is 15.3. The van der Waals surface area contributed by atoms with Gasteiger partial charge in [-0.05, 0) is 134 Å². The van der Waals surface area contributed by atoms with E-state index >= 15 is 4.39 Å². The molecule has 0 radical (unpaired) electrons. The van der Waals surface area contributed by atoms with Gasteiger partial charge >= 0.3 is 11.9 Å². The topological polar surface area (TPSA) is 61.8 Å². The first kappa shape index (κ1) is 45.4. The molecule has 0 unspecified atom stereocenters. The van der Waals surface area contributed by atoms with Crippen LogP contribution in [0.1, 0.15) is 197 Å². The second kappa shape index (κ2) is 21.1. The number of hydrogen-bond donors (Lipinski definition) is 0. The Morgan fingerprint density at radius 2 is 1.46 bits per heavy atom. The highest BCUT2D eigenvalue weighted by Gasteiger charge is 2.59. The Bertz CT molecular complexity index is 1700. The van der Waals surface area contributed by atoms with Crippen LogP contribution in [0.4, 0.5) is 4.39 Å². The summed E-state index contributed by atoms with van der Waals surface area (Å²) in [5.74, 6) is 3.39. The molecule has 0 N–H and O–H groups in total. The number of halogens is 1. The number of unbranched alkanes of at least 4 members (excludes halogenated alkanes) is 9. The summed E-state index contributed by atoms with van der Waals surface area (Å²) in [5, 5.41) is 0. The van der Waals surface area contributed by atoms with Gasteiger partial charge in [0.25, 0.3) is 0 Å². The smallest absolute Gasteiger partial charge is 0.343 e. The van der Waals surface area contributed by atoms with E-state index in [1.54, 1.807) is 24.3 Å². The minimum atomic E-state index is -0.759. The van der Waals surface area contributed by atoms with Gasteiger partial charge in [0.1, 0.15) is 23.4 Å². The van der Waals surface area contributed by atoms with E-state index in [0.717, 1.165) is 74.2 Å². The Morgan fingerprint density at radius 1 is 0.763 bits per heavy atom. The minimum Gasteiger partial charge on any atom is -0.494 e. The third-order valence-electron chi connectivity index (χ3n) is 15.8. The van der Waals surface area contributed by atoms with Gasteiger partial charge in [0.2, 0.25) is 0 Å². The van der Waals surface area contributed by atoms with Crippen molar-refractivity contribution < 1.29 is 28.2 Å². The van der Waals surface area contributed by atoms with Crippen molar-refractivity contribution in [2.45, 2.75) is 182 Å². The lowest BCUT2D eigenvalue weighted by atomic mass is 9.47. The first-order chi connectivity index (χ1) is 28.4. The average molecular weight is 813 g/mol. The van der Waals surface area contributed by atoms with Crippen LogP contribution in [0.2, 0.25) is 0 Å². The third kappa shape index (κ3) is 11.2. The highest BCUT2D eigenvalue weighted by atomic mass is 19.1. The van der Waals surface area contributed by atoms with Gasteiger partial charge in [0.05, 0.1) is 17.7 Å². The first-order valence-corrected chi connectivity index (χ1v) is 24.1. The number of esters is 2. The van der Waals surface area contributed by atoms with E-state index in [4.69, 9.17) is 14.2 Å². The fourth-order valence-corrected chi connectivity index (χ4v) is 12.3. The molecule has 4 aliphatic rings. The molecular formula is C53H77FO5. The Hall–Kier alpha value is -3.15. The molecule has 2 aromatic carbocycles. The fourth-order valence-electron chi connectivity index (χ4n) is 12.3. The van der Waals surface area contributed by atoms with Gasteiger partial charge in [-0.15, -0.1) is 0 Å². The van der Waals surface area contributed by atoms with Gasteiger partial charge in [-0.25, -0.2) is 14.0 Å². The van der Waals surface area contributed by atoms with Crippen molar-refractivity contribution in [3.63, 3.8) is 0 Å². The van der Waals surface area contributed by atoms with Crippen molar-refractivity contribution in [1.82, 2.24) is 0 Å². The number of carbonyl (C=O) groups excluding carboxylic acids is 2. The van der Waals surface area contributed by atoms with E-state index in [2.05, 4.69) is 47.6 Å². The Kier molecular flexibility index (Phi) is 16.2. The number of benzene rings is 2. The van der Waals surface area contributed by atoms with Gasteiger partial charge in [0, 0.05) is 12.5 Å². The standard InChI is InChI=1S/C53H77FO5/c1-7-8-9-10-11-12-13-14-15-16-34-57-41-23-20-39(21-24-41)50(55)58-42-25-27-45(49(54)36-42)51(56)59-43-30-32-52(5)40(35-43)22-26-44-47-29-28-46(38(4)19-17-18-37(2)3)53(47,6)33-31-48(44)52/h20-25,27,36-38,43-44,46-48H,7-19,26,28-35H2,1-6H3/t38-,43+,44+,46-,47+,48+,52+,53-/m1/s1. The zero-order valence-corrected chi connectivity index (χ0v) is 37.6. The normalized spacial score (nSPS) is 27.9. The van der Waals surface area contributed by atoms with E-state index in [-0.39, 0.29) is 22.8 Å². The summed E-state index contributed by atoms with van der Waals surface area (Å²) < 4.78 is 32.7. The molecule has 4 aliphatic carbocycles. The maximum atomic E-state index is 15.4. The molecule has 0 saturated heterocycles. The van der Waals surface area contributed by atoms with Crippen LogP contribution in [-0.2, 0) is 4.74 Å². The summed E-state index contributed by atoms with van der Waals surface area (Å²) in [6, 6.07) is 10.7. The van der Waals surface area contributed by atoms with Crippen LogP contribution < -0.4 is 9.47 Å². The van der Waals surface area contributed by atoms with Gasteiger partial charge in [-0.2, -0.15) is 0 Å². The molecule has 0 aliphatic heterocycles. The predicted molar refractivity (Wildman–Crippen MR) is 237 cm³/mol. The largest absolute Gasteiger partial charge is 0.494 e. The van der Waals surface area contributed by atoms with Crippen LogP contribution in [0, 0.1) is 52.2 Å². The lowest BCUT2D eigenvalue weighted by Crippen LogP contribution is -2.51. The van der Waals surface area contributed by atoms with Gasteiger partial charge < -0.3 is 14.2 Å². The summed E-state index contributed by atoms with van der Waals surface area (Å²) >= 11 is 0. The van der Waals surface area contributed by atoms with Crippen molar-refractivity contribution in [3.8, 4) is 11.5 Å². The molecule has 326 valence electrons. The maximum Gasteiger partial charge on any atom is 0.343 e. The van der Waals surface area contributed by atoms with Crippen LogP contribution >= 0.6 is 0 Å². The molecule has 0 bridgehead atoms. The Morgan fingerprint density at radius 3 is 2.15 bits per heavy atom. The van der Waals surface area contributed by atoms with Crippen LogP contribution in [-0.4, -0.2) is 24.6 Å². The predicted octanol–water partition coefficient (Wildman–Crippen LogP) is 14.9.